The van der Waals surface area contributed by atoms with E-state index in [1.165, 1.54) is 12.1 Å². The molecule has 2 heterocycles. The molecule has 8 heteroatoms. The lowest BCUT2D eigenvalue weighted by molar-refractivity contribution is -0.175. The van der Waals surface area contributed by atoms with Crippen molar-refractivity contribution in [2.45, 2.75) is 19.3 Å². The number of nitrogens with zero attached hydrogens (tertiary/aromatic N) is 2. The predicted octanol–water partition coefficient (Wildman–Crippen LogP) is 2.45. The first-order valence-corrected chi connectivity index (χ1v) is 10.2. The van der Waals surface area contributed by atoms with Gasteiger partial charge in [-0.25, -0.2) is 4.79 Å². The third-order valence-corrected chi connectivity index (χ3v) is 5.45. The molecule has 0 spiro atoms. The molecule has 0 unspecified atom stereocenters. The maximum atomic E-state index is 12.5. The Kier molecular flexibility index (Phi) is 5.97. The number of hydroxylamine groups is 2. The molecule has 0 atom stereocenters. The topological polar surface area (TPSA) is 93.2 Å². The molecule has 0 N–H and O–H groups in total. The van der Waals surface area contributed by atoms with Crippen molar-refractivity contribution in [3.63, 3.8) is 0 Å². The number of likely N-dealkylation sites (tertiary alicyclic amines) is 1. The number of piperidine rings is 1. The molecule has 0 radical (unpaired) electrons. The van der Waals surface area contributed by atoms with Crippen LogP contribution in [0.4, 0.5) is 0 Å². The van der Waals surface area contributed by atoms with Crippen molar-refractivity contribution >= 4 is 23.7 Å². The van der Waals surface area contributed by atoms with Crippen LogP contribution in [-0.2, 0) is 14.4 Å². The van der Waals surface area contributed by atoms with Crippen LogP contribution in [0.1, 0.15) is 40.0 Å². The van der Waals surface area contributed by atoms with Crippen LogP contribution in [0.5, 0.6) is 5.75 Å². The first-order chi connectivity index (χ1) is 15.0. The molecule has 0 aliphatic carbocycles. The Balaban J connectivity index is 1.23. The zero-order valence-corrected chi connectivity index (χ0v) is 16.9. The number of para-hydroxylation sites is 1. The van der Waals surface area contributed by atoms with Crippen molar-refractivity contribution in [3.05, 3.63) is 65.7 Å². The summed E-state index contributed by atoms with van der Waals surface area (Å²) >= 11 is 0. The zero-order valence-electron chi connectivity index (χ0n) is 16.9. The first-order valence-electron chi connectivity index (χ1n) is 10.2. The number of ether oxygens (including phenoxy) is 1. The van der Waals surface area contributed by atoms with Gasteiger partial charge in [0.15, 0.2) is 0 Å². The quantitative estimate of drug-likeness (QED) is 0.664. The zero-order chi connectivity index (χ0) is 21.8. The molecule has 2 aromatic rings. The number of carbonyl (C=O) groups excluding carboxylic acids is 4. The molecule has 0 aromatic heterocycles. The van der Waals surface area contributed by atoms with Gasteiger partial charge >= 0.3 is 5.97 Å². The van der Waals surface area contributed by atoms with Gasteiger partial charge in [-0.05, 0) is 37.1 Å². The SMILES string of the molecule is O=C(ON1C(=O)c2ccccc2C1=O)C1CCN(C(=O)CCOc2ccccc2)CC1. The third-order valence-electron chi connectivity index (χ3n) is 5.45. The van der Waals surface area contributed by atoms with Crippen molar-refractivity contribution in [3.8, 4) is 5.75 Å². The normalized spacial score (nSPS) is 16.3. The summed E-state index contributed by atoms with van der Waals surface area (Å²) in [6, 6.07) is 15.6. The summed E-state index contributed by atoms with van der Waals surface area (Å²) < 4.78 is 5.56. The van der Waals surface area contributed by atoms with Gasteiger partial charge in [-0.3, -0.25) is 14.4 Å². The average molecular weight is 422 g/mol. The van der Waals surface area contributed by atoms with Gasteiger partial charge in [-0.2, -0.15) is 0 Å². The lowest BCUT2D eigenvalue weighted by Crippen LogP contribution is -2.43. The number of imide groups is 1. The van der Waals surface area contributed by atoms with Crippen LogP contribution < -0.4 is 4.74 Å². The van der Waals surface area contributed by atoms with Crippen LogP contribution in [0.3, 0.4) is 0 Å². The lowest BCUT2D eigenvalue weighted by atomic mass is 9.97. The standard InChI is InChI=1S/C23H22N2O6/c26-20(12-15-30-17-6-2-1-3-7-17)24-13-10-16(11-14-24)23(29)31-25-21(27)18-8-4-5-9-19(18)22(25)28/h1-9,16H,10-15H2. The molecular formula is C23H22N2O6. The fraction of sp³-hybridized carbons (Fsp3) is 0.304. The fourth-order valence-electron chi connectivity index (χ4n) is 3.71. The van der Waals surface area contributed by atoms with E-state index in [1.54, 1.807) is 17.0 Å². The van der Waals surface area contributed by atoms with Gasteiger partial charge in [-0.15, -0.1) is 0 Å². The average Bonchev–Trinajstić information content (AvgIpc) is 3.05. The summed E-state index contributed by atoms with van der Waals surface area (Å²) in [6.45, 7) is 1.10. The van der Waals surface area contributed by atoms with E-state index in [4.69, 9.17) is 9.57 Å². The molecule has 8 nitrogen and oxygen atoms in total. The van der Waals surface area contributed by atoms with Gasteiger partial charge in [-0.1, -0.05) is 35.4 Å². The van der Waals surface area contributed by atoms with Crippen LogP contribution in [0.25, 0.3) is 0 Å². The second-order valence-electron chi connectivity index (χ2n) is 7.43. The van der Waals surface area contributed by atoms with Gasteiger partial charge in [0.25, 0.3) is 11.8 Å². The maximum Gasteiger partial charge on any atom is 0.336 e. The highest BCUT2D eigenvalue weighted by Gasteiger charge is 2.40. The smallest absolute Gasteiger partial charge is 0.336 e. The Morgan fingerprint density at radius 3 is 2.06 bits per heavy atom. The van der Waals surface area contributed by atoms with E-state index in [-0.39, 0.29) is 30.1 Å². The van der Waals surface area contributed by atoms with E-state index < -0.39 is 23.7 Å². The molecule has 160 valence electrons. The highest BCUT2D eigenvalue weighted by molar-refractivity contribution is 6.20. The molecule has 3 amide bonds. The Bertz CT molecular complexity index is 963. The van der Waals surface area contributed by atoms with Crippen LogP contribution in [-0.4, -0.2) is 53.4 Å². The predicted molar refractivity (Wildman–Crippen MR) is 109 cm³/mol. The number of hydrogen-bond acceptors (Lipinski definition) is 6. The van der Waals surface area contributed by atoms with Gasteiger partial charge in [0.05, 0.1) is 30.1 Å². The summed E-state index contributed by atoms with van der Waals surface area (Å²) in [6.07, 6.45) is 1.07. The minimum atomic E-state index is -0.639. The third kappa shape index (κ3) is 4.42. The Hall–Kier alpha value is -3.68. The van der Waals surface area contributed by atoms with Crippen molar-refractivity contribution in [1.29, 1.82) is 0 Å². The molecule has 0 saturated carbocycles. The number of rotatable bonds is 6. The molecule has 2 aromatic carbocycles. The van der Waals surface area contributed by atoms with Gasteiger partial charge in [0.1, 0.15) is 5.75 Å². The number of benzene rings is 2. The maximum absolute atomic E-state index is 12.5. The minimum Gasteiger partial charge on any atom is -0.493 e. The van der Waals surface area contributed by atoms with Crippen molar-refractivity contribution in [1.82, 2.24) is 9.96 Å². The van der Waals surface area contributed by atoms with E-state index in [9.17, 15) is 19.2 Å². The van der Waals surface area contributed by atoms with Crippen molar-refractivity contribution in [2.75, 3.05) is 19.7 Å². The van der Waals surface area contributed by atoms with Gasteiger partial charge in [0, 0.05) is 13.1 Å². The summed E-state index contributed by atoms with van der Waals surface area (Å²) in [5.41, 5.74) is 0.442. The van der Waals surface area contributed by atoms with Crippen LogP contribution in [0.2, 0.25) is 0 Å². The van der Waals surface area contributed by atoms with E-state index >= 15 is 0 Å². The Morgan fingerprint density at radius 1 is 0.871 bits per heavy atom. The number of carbonyl (C=O) groups is 4. The molecule has 2 aliphatic rings. The van der Waals surface area contributed by atoms with Crippen molar-refractivity contribution in [2.24, 2.45) is 5.92 Å². The number of amides is 3. The first kappa shape index (κ1) is 20.6. The fourth-order valence-corrected chi connectivity index (χ4v) is 3.71. The van der Waals surface area contributed by atoms with Crippen LogP contribution in [0.15, 0.2) is 54.6 Å². The monoisotopic (exact) mass is 422 g/mol. The second kappa shape index (κ2) is 8.99. The molecule has 1 fully saturated rings. The molecule has 0 bridgehead atoms. The van der Waals surface area contributed by atoms with Crippen molar-refractivity contribution < 1.29 is 28.8 Å². The van der Waals surface area contributed by atoms with E-state index in [0.29, 0.717) is 36.7 Å². The number of fused-ring (bicyclic) bond motifs is 1. The summed E-state index contributed by atoms with van der Waals surface area (Å²) in [5, 5.41) is 0.533. The minimum absolute atomic E-state index is 0.0388. The molecule has 1 saturated heterocycles. The lowest BCUT2D eigenvalue weighted by Gasteiger charge is -2.31. The van der Waals surface area contributed by atoms with Crippen LogP contribution in [0, 0.1) is 5.92 Å². The van der Waals surface area contributed by atoms with Crippen LogP contribution >= 0.6 is 0 Å². The highest BCUT2D eigenvalue weighted by Crippen LogP contribution is 2.25. The molecule has 31 heavy (non-hydrogen) atoms. The second-order valence-corrected chi connectivity index (χ2v) is 7.43. The molecule has 2 aliphatic heterocycles. The van der Waals surface area contributed by atoms with E-state index in [2.05, 4.69) is 0 Å². The molecular weight excluding hydrogens is 400 g/mol. The Labute approximate surface area is 179 Å². The molecule has 4 rings (SSSR count). The largest absolute Gasteiger partial charge is 0.493 e. The van der Waals surface area contributed by atoms with Gasteiger partial charge in [0.2, 0.25) is 5.91 Å². The Morgan fingerprint density at radius 2 is 1.45 bits per heavy atom. The number of hydrogen-bond donors (Lipinski definition) is 0. The summed E-state index contributed by atoms with van der Waals surface area (Å²) in [4.78, 5) is 56.4. The van der Waals surface area contributed by atoms with Gasteiger partial charge < -0.3 is 14.5 Å². The van der Waals surface area contributed by atoms with E-state index in [1.807, 2.05) is 30.3 Å². The summed E-state index contributed by atoms with van der Waals surface area (Å²) in [5.74, 6) is -1.71. The highest BCUT2D eigenvalue weighted by atomic mass is 16.7. The summed E-state index contributed by atoms with van der Waals surface area (Å²) in [7, 11) is 0. The van der Waals surface area contributed by atoms with E-state index in [0.717, 1.165) is 0 Å².